The highest BCUT2D eigenvalue weighted by Gasteiger charge is 2.08. The van der Waals surface area contributed by atoms with E-state index in [0.29, 0.717) is 16.6 Å². The Bertz CT molecular complexity index is 845. The zero-order chi connectivity index (χ0) is 16.4. The minimum Gasteiger partial charge on any atom is -0.459 e. The van der Waals surface area contributed by atoms with Crippen LogP contribution in [0.2, 0.25) is 10.0 Å². The summed E-state index contributed by atoms with van der Waals surface area (Å²) in [6.45, 7) is 2.60. The molecule has 0 spiro atoms. The van der Waals surface area contributed by atoms with Crippen molar-refractivity contribution in [2.45, 2.75) is 13.5 Å². The first-order valence-corrected chi connectivity index (χ1v) is 8.62. The first-order chi connectivity index (χ1) is 11.0. The summed E-state index contributed by atoms with van der Waals surface area (Å²) in [6.07, 6.45) is 0. The van der Waals surface area contributed by atoms with Gasteiger partial charge in [0.2, 0.25) is 0 Å². The van der Waals surface area contributed by atoms with E-state index in [9.17, 15) is 0 Å². The Labute approximate surface area is 153 Å². The smallest absolute Gasteiger partial charge is 0.134 e. The molecule has 0 atom stereocenters. The van der Waals surface area contributed by atoms with E-state index in [4.69, 9.17) is 27.6 Å². The van der Waals surface area contributed by atoms with Gasteiger partial charge in [-0.05, 0) is 61.0 Å². The summed E-state index contributed by atoms with van der Waals surface area (Å²) in [5.41, 5.74) is 3.03. The van der Waals surface area contributed by atoms with Crippen LogP contribution in [0.25, 0.3) is 11.3 Å². The summed E-state index contributed by atoms with van der Waals surface area (Å²) in [4.78, 5) is 0. The van der Waals surface area contributed by atoms with Crippen molar-refractivity contribution >= 4 is 44.8 Å². The van der Waals surface area contributed by atoms with E-state index >= 15 is 0 Å². The number of rotatable bonds is 4. The lowest BCUT2D eigenvalue weighted by Crippen LogP contribution is -1.98. The van der Waals surface area contributed by atoms with Crippen LogP contribution in [0.5, 0.6) is 0 Å². The number of anilines is 1. The summed E-state index contributed by atoms with van der Waals surface area (Å²) in [5, 5.41) is 4.51. The van der Waals surface area contributed by atoms with Gasteiger partial charge in [-0.1, -0.05) is 39.1 Å². The molecule has 1 aromatic heterocycles. The highest BCUT2D eigenvalue weighted by molar-refractivity contribution is 9.10. The standard InChI is InChI=1S/C18H14BrCl2NO/c1-11-8-12(19)2-5-15(11)18-7-4-14(23-18)10-22-17-9-13(20)3-6-16(17)21/h2-9,22H,10H2,1H3. The van der Waals surface area contributed by atoms with Crippen molar-refractivity contribution in [3.8, 4) is 11.3 Å². The third kappa shape index (κ3) is 3.92. The van der Waals surface area contributed by atoms with E-state index in [-0.39, 0.29) is 0 Å². The van der Waals surface area contributed by atoms with Crippen molar-refractivity contribution in [1.29, 1.82) is 0 Å². The van der Waals surface area contributed by atoms with Crippen LogP contribution in [0.15, 0.2) is 57.4 Å². The summed E-state index contributed by atoms with van der Waals surface area (Å²) >= 11 is 15.6. The Morgan fingerprint density at radius 1 is 1.04 bits per heavy atom. The van der Waals surface area contributed by atoms with Gasteiger partial charge in [0.15, 0.2) is 0 Å². The molecular formula is C18H14BrCl2NO. The second-order valence-corrected chi connectivity index (χ2v) is 6.96. The van der Waals surface area contributed by atoms with E-state index in [2.05, 4.69) is 34.2 Å². The van der Waals surface area contributed by atoms with Gasteiger partial charge in [-0.2, -0.15) is 0 Å². The fraction of sp³-hybridized carbons (Fsp3) is 0.111. The average Bonchev–Trinajstić information content (AvgIpc) is 2.97. The summed E-state index contributed by atoms with van der Waals surface area (Å²) in [6, 6.07) is 15.4. The predicted molar refractivity (Wildman–Crippen MR) is 100 cm³/mol. The van der Waals surface area contributed by atoms with Crippen LogP contribution in [-0.2, 0) is 6.54 Å². The van der Waals surface area contributed by atoms with Crippen molar-refractivity contribution in [3.63, 3.8) is 0 Å². The van der Waals surface area contributed by atoms with E-state index in [1.54, 1.807) is 18.2 Å². The average molecular weight is 411 g/mol. The molecule has 2 nitrogen and oxygen atoms in total. The van der Waals surface area contributed by atoms with E-state index in [1.807, 2.05) is 24.3 Å². The van der Waals surface area contributed by atoms with Crippen molar-refractivity contribution in [1.82, 2.24) is 0 Å². The molecule has 1 heterocycles. The Morgan fingerprint density at radius 3 is 2.65 bits per heavy atom. The van der Waals surface area contributed by atoms with Crippen LogP contribution in [0.4, 0.5) is 5.69 Å². The first-order valence-electron chi connectivity index (χ1n) is 7.07. The lowest BCUT2D eigenvalue weighted by Gasteiger charge is -2.07. The Kier molecular flexibility index (Phi) is 5.00. The van der Waals surface area contributed by atoms with Crippen LogP contribution >= 0.6 is 39.1 Å². The Hall–Kier alpha value is -1.42. The van der Waals surface area contributed by atoms with Gasteiger partial charge in [-0.3, -0.25) is 0 Å². The van der Waals surface area contributed by atoms with Crippen molar-refractivity contribution in [3.05, 3.63) is 74.4 Å². The number of halogens is 3. The van der Waals surface area contributed by atoms with E-state index in [1.165, 1.54) is 0 Å². The molecule has 0 amide bonds. The number of nitrogens with one attached hydrogen (secondary N) is 1. The van der Waals surface area contributed by atoms with Gasteiger partial charge in [0.1, 0.15) is 11.5 Å². The Morgan fingerprint density at radius 2 is 1.87 bits per heavy atom. The molecular weight excluding hydrogens is 397 g/mol. The van der Waals surface area contributed by atoms with Gasteiger partial charge in [0.05, 0.1) is 17.3 Å². The molecule has 118 valence electrons. The van der Waals surface area contributed by atoms with Gasteiger partial charge < -0.3 is 9.73 Å². The lowest BCUT2D eigenvalue weighted by atomic mass is 10.1. The number of furan rings is 1. The maximum atomic E-state index is 6.14. The molecule has 2 aromatic carbocycles. The molecule has 0 saturated heterocycles. The molecule has 23 heavy (non-hydrogen) atoms. The summed E-state index contributed by atoms with van der Waals surface area (Å²) < 4.78 is 6.99. The molecule has 0 fully saturated rings. The van der Waals surface area contributed by atoms with Gasteiger partial charge in [-0.25, -0.2) is 0 Å². The molecule has 0 aliphatic rings. The fourth-order valence-electron chi connectivity index (χ4n) is 2.34. The van der Waals surface area contributed by atoms with Crippen LogP contribution in [0, 0.1) is 6.92 Å². The van der Waals surface area contributed by atoms with Crippen LogP contribution in [0.1, 0.15) is 11.3 Å². The fourth-order valence-corrected chi connectivity index (χ4v) is 3.17. The van der Waals surface area contributed by atoms with Gasteiger partial charge in [0.25, 0.3) is 0 Å². The lowest BCUT2D eigenvalue weighted by molar-refractivity contribution is 0.531. The molecule has 0 radical (unpaired) electrons. The number of aryl methyl sites for hydroxylation is 1. The highest BCUT2D eigenvalue weighted by Crippen LogP contribution is 2.29. The number of benzene rings is 2. The van der Waals surface area contributed by atoms with Gasteiger partial charge >= 0.3 is 0 Å². The van der Waals surface area contributed by atoms with Crippen molar-refractivity contribution < 1.29 is 4.42 Å². The number of hydrogen-bond acceptors (Lipinski definition) is 2. The summed E-state index contributed by atoms with van der Waals surface area (Å²) in [7, 11) is 0. The first kappa shape index (κ1) is 16.4. The normalized spacial score (nSPS) is 10.8. The topological polar surface area (TPSA) is 25.2 Å². The highest BCUT2D eigenvalue weighted by atomic mass is 79.9. The van der Waals surface area contributed by atoms with Crippen LogP contribution in [0.3, 0.4) is 0 Å². The van der Waals surface area contributed by atoms with E-state index in [0.717, 1.165) is 32.8 Å². The molecule has 0 saturated carbocycles. The minimum atomic E-state index is 0.537. The Balaban J connectivity index is 1.76. The van der Waals surface area contributed by atoms with E-state index < -0.39 is 0 Å². The molecule has 0 aliphatic heterocycles. The maximum absolute atomic E-state index is 6.14. The van der Waals surface area contributed by atoms with Gasteiger partial charge in [0, 0.05) is 15.1 Å². The number of hydrogen-bond donors (Lipinski definition) is 1. The SMILES string of the molecule is Cc1cc(Br)ccc1-c1ccc(CNc2cc(Cl)ccc2Cl)o1. The monoisotopic (exact) mass is 409 g/mol. The minimum absolute atomic E-state index is 0.537. The van der Waals surface area contributed by atoms with Gasteiger partial charge in [-0.15, -0.1) is 0 Å². The molecule has 1 N–H and O–H groups in total. The molecule has 0 bridgehead atoms. The van der Waals surface area contributed by atoms with Crippen molar-refractivity contribution in [2.24, 2.45) is 0 Å². The van der Waals surface area contributed by atoms with Crippen molar-refractivity contribution in [2.75, 3.05) is 5.32 Å². The third-order valence-corrected chi connectivity index (χ3v) is 4.55. The predicted octanol–water partition coefficient (Wildman–Crippen LogP) is 6.94. The second kappa shape index (κ2) is 7.00. The molecule has 5 heteroatoms. The van der Waals surface area contributed by atoms with Crippen LogP contribution < -0.4 is 5.32 Å². The molecule has 3 aromatic rings. The maximum Gasteiger partial charge on any atom is 0.134 e. The quantitative estimate of drug-likeness (QED) is 0.503. The summed E-state index contributed by atoms with van der Waals surface area (Å²) in [5.74, 6) is 1.68. The second-order valence-electron chi connectivity index (χ2n) is 5.20. The molecule has 3 rings (SSSR count). The largest absolute Gasteiger partial charge is 0.459 e. The molecule has 0 aliphatic carbocycles. The van der Waals surface area contributed by atoms with Crippen LogP contribution in [-0.4, -0.2) is 0 Å². The zero-order valence-electron chi connectivity index (χ0n) is 12.4. The third-order valence-electron chi connectivity index (χ3n) is 3.50. The molecule has 0 unspecified atom stereocenters. The zero-order valence-corrected chi connectivity index (χ0v) is 15.5.